The van der Waals surface area contributed by atoms with E-state index in [1.165, 1.54) is 24.3 Å². The minimum Gasteiger partial charge on any atom is -0.457 e. The molecule has 0 saturated heterocycles. The Morgan fingerprint density at radius 2 is 1.32 bits per heavy atom. The molecule has 0 heterocycles. The van der Waals surface area contributed by atoms with Crippen molar-refractivity contribution in [3.05, 3.63) is 54.1 Å². The molecule has 0 spiro atoms. The first-order valence-electron chi connectivity index (χ1n) is 8.12. The molecule has 0 bridgehead atoms. The molecule has 28 heavy (non-hydrogen) atoms. The Morgan fingerprint density at radius 3 is 1.71 bits per heavy atom. The van der Waals surface area contributed by atoms with Crippen molar-refractivity contribution in [1.29, 1.82) is 0 Å². The number of alkyl halides is 4. The van der Waals surface area contributed by atoms with E-state index in [0.29, 0.717) is 11.5 Å². The lowest BCUT2D eigenvalue weighted by Crippen LogP contribution is -2.51. The van der Waals surface area contributed by atoms with Crippen LogP contribution in [-0.4, -0.2) is 17.9 Å². The van der Waals surface area contributed by atoms with Gasteiger partial charge in [-0.3, -0.25) is 4.79 Å². The predicted octanol–water partition coefficient (Wildman–Crippen LogP) is 5.84. The Balaban J connectivity index is 2.06. The molecule has 1 unspecified atom stereocenters. The fraction of sp³-hybridized carbons (Fsp3) is 0.316. The number of amides is 1. The van der Waals surface area contributed by atoms with Gasteiger partial charge in [0, 0.05) is 5.69 Å². The molecule has 0 aliphatic rings. The van der Waals surface area contributed by atoms with Crippen molar-refractivity contribution < 1.29 is 36.6 Å². The second kappa shape index (κ2) is 7.75. The molecule has 0 aromatic heterocycles. The third-order valence-corrected chi connectivity index (χ3v) is 3.83. The summed E-state index contributed by atoms with van der Waals surface area (Å²) in [5.41, 5.74) is 0.875. The molecule has 0 aliphatic carbocycles. The van der Waals surface area contributed by atoms with Crippen molar-refractivity contribution in [2.24, 2.45) is 0 Å². The lowest BCUT2D eigenvalue weighted by molar-refractivity contribution is -0.379. The van der Waals surface area contributed by atoms with Crippen LogP contribution in [0.25, 0.3) is 0 Å². The summed E-state index contributed by atoms with van der Waals surface area (Å²) in [5.74, 6) is -6.59. The number of nitrogens with one attached hydrogen (secondary N) is 1. The number of anilines is 1. The van der Waals surface area contributed by atoms with Gasteiger partial charge in [0.1, 0.15) is 11.5 Å². The number of carbonyl (C=O) groups excluding carboxylic acids is 1. The number of rotatable bonds is 5. The Morgan fingerprint density at radius 1 is 0.857 bits per heavy atom. The molecule has 1 N–H and O–H groups in total. The van der Waals surface area contributed by atoms with Gasteiger partial charge < -0.3 is 10.1 Å². The van der Waals surface area contributed by atoms with E-state index in [1.54, 1.807) is 17.4 Å². The number of hydrogen-bond donors (Lipinski definition) is 1. The highest BCUT2D eigenvalue weighted by Crippen LogP contribution is 2.36. The second-order valence-corrected chi connectivity index (χ2v) is 7.03. The van der Waals surface area contributed by atoms with Crippen LogP contribution in [-0.2, 0) is 15.2 Å². The van der Waals surface area contributed by atoms with Gasteiger partial charge in [0.2, 0.25) is 0 Å². The molecule has 2 rings (SSSR count). The summed E-state index contributed by atoms with van der Waals surface area (Å²) in [4.78, 5) is 13.6. The normalized spacial score (nSPS) is 14.3. The highest BCUT2D eigenvalue weighted by molar-refractivity contribution is 5.96. The van der Waals surface area contributed by atoms with E-state index < -0.39 is 17.9 Å². The van der Waals surface area contributed by atoms with Crippen LogP contribution >= 0.6 is 0 Å². The SMILES string of the molecule is CC(C)(C)c1ccc(Oc2ccc(NC(=O)C(F)(OF)C(F)(F)F)cc2)cc1. The maximum atomic E-state index is 13.4. The fourth-order valence-corrected chi connectivity index (χ4v) is 2.18. The Hall–Kier alpha value is -2.68. The van der Waals surface area contributed by atoms with E-state index in [-0.39, 0.29) is 11.1 Å². The van der Waals surface area contributed by atoms with Crippen LogP contribution in [0.2, 0.25) is 0 Å². The summed E-state index contributed by atoms with van der Waals surface area (Å²) in [6, 6.07) is 12.4. The smallest absolute Gasteiger partial charge is 0.457 e. The summed E-state index contributed by atoms with van der Waals surface area (Å²) < 4.78 is 68.4. The summed E-state index contributed by atoms with van der Waals surface area (Å²) in [5, 5.41) is 1.60. The summed E-state index contributed by atoms with van der Waals surface area (Å²) in [6.07, 6.45) is -5.88. The maximum Gasteiger partial charge on any atom is 0.461 e. The monoisotopic (exact) mass is 403 g/mol. The molecule has 4 nitrogen and oxygen atoms in total. The predicted molar refractivity (Wildman–Crippen MR) is 92.4 cm³/mol. The fourth-order valence-electron chi connectivity index (χ4n) is 2.18. The largest absolute Gasteiger partial charge is 0.461 e. The van der Waals surface area contributed by atoms with E-state index in [1.807, 2.05) is 12.1 Å². The molecule has 1 amide bonds. The maximum absolute atomic E-state index is 13.4. The van der Waals surface area contributed by atoms with Crippen LogP contribution in [0, 0.1) is 0 Å². The van der Waals surface area contributed by atoms with Crippen molar-refractivity contribution in [3.8, 4) is 11.5 Å². The minimum absolute atomic E-state index is 0.0240. The van der Waals surface area contributed by atoms with Gasteiger partial charge in [-0.05, 0) is 51.9 Å². The molecular weight excluding hydrogens is 385 g/mol. The van der Waals surface area contributed by atoms with Crippen molar-refractivity contribution >= 4 is 11.6 Å². The molecule has 0 aliphatic heterocycles. The third kappa shape index (κ3) is 4.78. The van der Waals surface area contributed by atoms with Gasteiger partial charge in [-0.1, -0.05) is 32.9 Å². The zero-order valence-electron chi connectivity index (χ0n) is 15.2. The number of benzene rings is 2. The van der Waals surface area contributed by atoms with Gasteiger partial charge in [0.25, 0.3) is 0 Å². The number of halogens is 5. The number of hydrogen-bond acceptors (Lipinski definition) is 3. The topological polar surface area (TPSA) is 47.6 Å². The molecule has 0 radical (unpaired) electrons. The zero-order valence-corrected chi connectivity index (χ0v) is 15.2. The van der Waals surface area contributed by atoms with Crippen molar-refractivity contribution in [2.45, 2.75) is 38.2 Å². The van der Waals surface area contributed by atoms with Crippen LogP contribution in [0.3, 0.4) is 0 Å². The highest BCUT2D eigenvalue weighted by Gasteiger charge is 2.65. The highest BCUT2D eigenvalue weighted by atomic mass is 19.4. The van der Waals surface area contributed by atoms with Gasteiger partial charge in [-0.25, -0.2) is 0 Å². The molecule has 1 atom stereocenters. The standard InChI is InChI=1S/C19H18F5NO3/c1-17(2,3)12-4-8-14(9-5-12)27-15-10-6-13(7-11-15)25-16(26)18(20,28-24)19(21,22)23/h4-11H,1-3H3,(H,25,26). The molecule has 152 valence electrons. The third-order valence-electron chi connectivity index (χ3n) is 3.83. The molecule has 2 aromatic carbocycles. The Bertz CT molecular complexity index is 813. The Labute approximate surface area is 158 Å². The molecule has 0 fully saturated rings. The lowest BCUT2D eigenvalue weighted by Gasteiger charge is -2.21. The minimum atomic E-state index is -5.88. The van der Waals surface area contributed by atoms with Crippen LogP contribution in [0.4, 0.5) is 27.8 Å². The van der Waals surface area contributed by atoms with Gasteiger partial charge >= 0.3 is 17.9 Å². The summed E-state index contributed by atoms with van der Waals surface area (Å²) >= 11 is 0. The zero-order chi connectivity index (χ0) is 21.2. The number of carbonyl (C=O) groups is 1. The number of ether oxygens (including phenoxy) is 1. The van der Waals surface area contributed by atoms with Crippen molar-refractivity contribution in [2.75, 3.05) is 5.32 Å². The first-order valence-corrected chi connectivity index (χ1v) is 8.12. The molecule has 0 saturated carbocycles. The second-order valence-electron chi connectivity index (χ2n) is 7.03. The van der Waals surface area contributed by atoms with E-state index in [9.17, 15) is 26.9 Å². The van der Waals surface area contributed by atoms with Crippen LogP contribution in [0.5, 0.6) is 11.5 Å². The van der Waals surface area contributed by atoms with Crippen LogP contribution in [0.15, 0.2) is 48.5 Å². The van der Waals surface area contributed by atoms with Gasteiger partial charge in [0.15, 0.2) is 0 Å². The van der Waals surface area contributed by atoms with E-state index in [4.69, 9.17) is 4.74 Å². The summed E-state index contributed by atoms with van der Waals surface area (Å²) in [7, 11) is 0. The van der Waals surface area contributed by atoms with Gasteiger partial charge in [0.05, 0.1) is 0 Å². The molecular formula is C19H18F5NO3. The first kappa shape index (κ1) is 21.6. The van der Waals surface area contributed by atoms with Crippen molar-refractivity contribution in [3.63, 3.8) is 0 Å². The molecule has 9 heteroatoms. The molecule has 2 aromatic rings. The van der Waals surface area contributed by atoms with Gasteiger partial charge in [-0.15, -0.1) is 4.94 Å². The van der Waals surface area contributed by atoms with Gasteiger partial charge in [-0.2, -0.15) is 17.6 Å². The quantitative estimate of drug-likeness (QED) is 0.638. The van der Waals surface area contributed by atoms with Crippen LogP contribution in [0.1, 0.15) is 26.3 Å². The van der Waals surface area contributed by atoms with Crippen molar-refractivity contribution in [1.82, 2.24) is 0 Å². The lowest BCUT2D eigenvalue weighted by atomic mass is 9.87. The van der Waals surface area contributed by atoms with E-state index in [0.717, 1.165) is 5.56 Å². The summed E-state index contributed by atoms with van der Waals surface area (Å²) in [6.45, 7) is 6.19. The Kier molecular flexibility index (Phi) is 5.98. The van der Waals surface area contributed by atoms with Crippen LogP contribution < -0.4 is 10.1 Å². The average Bonchev–Trinajstić information content (AvgIpc) is 2.61. The first-order chi connectivity index (χ1) is 12.9. The average molecular weight is 403 g/mol. The van der Waals surface area contributed by atoms with E-state index in [2.05, 4.69) is 25.7 Å². The van der Waals surface area contributed by atoms with E-state index >= 15 is 0 Å².